The topological polar surface area (TPSA) is 20.2 Å². The number of hydrogen-bond acceptors (Lipinski definition) is 1. The Labute approximate surface area is 203 Å². The van der Waals surface area contributed by atoms with Gasteiger partial charge in [-0.15, -0.1) is 0 Å². The smallest absolute Gasteiger partial charge is 0.0554 e. The van der Waals surface area contributed by atoms with Gasteiger partial charge >= 0.3 is 0 Å². The van der Waals surface area contributed by atoms with Gasteiger partial charge in [0, 0.05) is 9.15 Å². The third-order valence-corrected chi connectivity index (χ3v) is 14.5. The molecule has 0 aromatic heterocycles. The molecule has 0 heterocycles. The first-order valence-corrected chi connectivity index (χ1v) is 14.7. The Kier molecular flexibility index (Phi) is 6.90. The molecule has 4 fully saturated rings. The van der Waals surface area contributed by atoms with Gasteiger partial charge < -0.3 is 5.11 Å². The van der Waals surface area contributed by atoms with Crippen LogP contribution in [0.2, 0.25) is 0 Å². The molecule has 0 bridgehead atoms. The number of alkyl halides is 2. The molecule has 0 radical (unpaired) electrons. The summed E-state index contributed by atoms with van der Waals surface area (Å²) < 4.78 is 0.0642. The van der Waals surface area contributed by atoms with Crippen LogP contribution >= 0.6 is 31.9 Å². The zero-order valence-corrected chi connectivity index (χ0v) is 23.3. The van der Waals surface area contributed by atoms with Crippen LogP contribution in [-0.2, 0) is 0 Å². The molecule has 0 amide bonds. The third kappa shape index (κ3) is 3.71. The van der Waals surface area contributed by atoms with Crippen molar-refractivity contribution in [3.8, 4) is 0 Å². The number of halogens is 2. The lowest BCUT2D eigenvalue weighted by Gasteiger charge is -2.65. The molecule has 4 rings (SSSR count). The average Bonchev–Trinajstić information content (AvgIpc) is 3.01. The monoisotopic (exact) mass is 544 g/mol. The van der Waals surface area contributed by atoms with E-state index in [0.717, 1.165) is 48.3 Å². The first-order chi connectivity index (χ1) is 14.0. The van der Waals surface area contributed by atoms with E-state index >= 15 is 0 Å². The Morgan fingerprint density at radius 2 is 1.70 bits per heavy atom. The molecule has 0 aromatic rings. The molecule has 0 aliphatic heterocycles. The maximum Gasteiger partial charge on any atom is 0.0554 e. The number of fused-ring (bicyclic) bond motifs is 5. The van der Waals surface area contributed by atoms with Crippen LogP contribution in [0, 0.1) is 46.3 Å². The van der Waals surface area contributed by atoms with E-state index < -0.39 is 0 Å². The second-order valence-corrected chi connectivity index (χ2v) is 15.3. The fourth-order valence-corrected chi connectivity index (χ4v) is 11.4. The maximum atomic E-state index is 10.5. The zero-order chi connectivity index (χ0) is 21.9. The van der Waals surface area contributed by atoms with Crippen LogP contribution in [0.1, 0.15) is 105 Å². The van der Waals surface area contributed by atoms with Gasteiger partial charge in [0.25, 0.3) is 0 Å². The quantitative estimate of drug-likeness (QED) is 0.344. The third-order valence-electron chi connectivity index (χ3n) is 10.9. The molecule has 174 valence electrons. The molecule has 4 aliphatic rings. The van der Waals surface area contributed by atoms with Crippen LogP contribution in [0.25, 0.3) is 0 Å². The van der Waals surface area contributed by atoms with E-state index in [-0.39, 0.29) is 10.4 Å². The normalized spacial score (nSPS) is 51.9. The predicted octanol–water partition coefficient (Wildman–Crippen LogP) is 8.36. The van der Waals surface area contributed by atoms with Crippen molar-refractivity contribution in [1.29, 1.82) is 0 Å². The first-order valence-electron chi connectivity index (χ1n) is 13.0. The van der Waals surface area contributed by atoms with E-state index in [0.29, 0.717) is 15.7 Å². The number of aliphatic hydroxyl groups excluding tert-OH is 1. The molecule has 10 atom stereocenters. The number of rotatable bonds is 5. The molecule has 0 aromatic carbocycles. The molecular formula is C27H46Br2O. The van der Waals surface area contributed by atoms with Crippen molar-refractivity contribution in [3.63, 3.8) is 0 Å². The summed E-state index contributed by atoms with van der Waals surface area (Å²) >= 11 is 8.41. The van der Waals surface area contributed by atoms with Crippen molar-refractivity contribution < 1.29 is 5.11 Å². The molecule has 1 nitrogen and oxygen atoms in total. The summed E-state index contributed by atoms with van der Waals surface area (Å²) in [6.45, 7) is 12.6. The van der Waals surface area contributed by atoms with Gasteiger partial charge in [-0.1, -0.05) is 85.7 Å². The lowest BCUT2D eigenvalue weighted by atomic mass is 9.44. The largest absolute Gasteiger partial charge is 0.393 e. The van der Waals surface area contributed by atoms with E-state index in [1.807, 2.05) is 0 Å². The highest BCUT2D eigenvalue weighted by molar-refractivity contribution is 9.12. The predicted molar refractivity (Wildman–Crippen MR) is 135 cm³/mol. The van der Waals surface area contributed by atoms with Crippen molar-refractivity contribution in [1.82, 2.24) is 0 Å². The summed E-state index contributed by atoms with van der Waals surface area (Å²) in [6, 6.07) is 0. The van der Waals surface area contributed by atoms with Gasteiger partial charge in [0.05, 0.1) is 6.10 Å². The van der Waals surface area contributed by atoms with Crippen molar-refractivity contribution >= 4 is 31.9 Å². The molecule has 0 saturated heterocycles. The van der Waals surface area contributed by atoms with E-state index in [1.54, 1.807) is 0 Å². The summed E-state index contributed by atoms with van der Waals surface area (Å²) in [5, 5.41) is 10.5. The van der Waals surface area contributed by atoms with Crippen molar-refractivity contribution in [2.45, 2.75) is 121 Å². The molecule has 2 unspecified atom stereocenters. The van der Waals surface area contributed by atoms with Crippen LogP contribution < -0.4 is 0 Å². The SMILES string of the molecule is CC(C)CCC[C@@H](C)[C@H]1CC[C@H]2[C@@H]3CC(Br)C4(Br)C[C@@H](O)CC[C@]4(C)[C@H]3CC[C@]12C. The van der Waals surface area contributed by atoms with E-state index in [9.17, 15) is 5.11 Å². The highest BCUT2D eigenvalue weighted by atomic mass is 79.9. The fraction of sp³-hybridized carbons (Fsp3) is 1.00. The number of aliphatic hydroxyl groups is 1. The van der Waals surface area contributed by atoms with Gasteiger partial charge in [0.1, 0.15) is 0 Å². The van der Waals surface area contributed by atoms with Crippen LogP contribution in [-0.4, -0.2) is 20.4 Å². The standard InChI is InChI=1S/C27H46Br2O/c1-17(2)7-6-8-18(3)21-9-10-22-20-15-24(28)27(29)16-19(30)11-14-26(27,5)23(20)12-13-25(21,22)4/h17-24,30H,6-16H2,1-5H3/t18-,19+,20+,21-,22+,23+,24?,25-,26-,27?/m1/s1. The van der Waals surface area contributed by atoms with Gasteiger partial charge in [0.2, 0.25) is 0 Å². The summed E-state index contributed by atoms with van der Waals surface area (Å²) in [5.74, 6) is 5.26. The van der Waals surface area contributed by atoms with Gasteiger partial charge in [-0.05, 0) is 97.7 Å². The summed E-state index contributed by atoms with van der Waals surface area (Å²) in [7, 11) is 0. The van der Waals surface area contributed by atoms with Crippen molar-refractivity contribution in [3.05, 3.63) is 0 Å². The molecule has 0 spiro atoms. The Morgan fingerprint density at radius 1 is 0.967 bits per heavy atom. The lowest BCUT2D eigenvalue weighted by Crippen LogP contribution is -2.64. The molecular weight excluding hydrogens is 500 g/mol. The fourth-order valence-electron chi connectivity index (χ4n) is 9.19. The Hall–Kier alpha value is 0.920. The molecule has 1 N–H and O–H groups in total. The first kappa shape index (κ1) is 24.1. The summed E-state index contributed by atoms with van der Waals surface area (Å²) in [4.78, 5) is 0.482. The van der Waals surface area contributed by atoms with Crippen LogP contribution in [0.3, 0.4) is 0 Å². The molecule has 3 heteroatoms. The van der Waals surface area contributed by atoms with Crippen LogP contribution in [0.15, 0.2) is 0 Å². The minimum Gasteiger partial charge on any atom is -0.393 e. The maximum absolute atomic E-state index is 10.5. The Morgan fingerprint density at radius 3 is 2.40 bits per heavy atom. The highest BCUT2D eigenvalue weighted by Gasteiger charge is 2.66. The zero-order valence-electron chi connectivity index (χ0n) is 20.1. The van der Waals surface area contributed by atoms with Crippen LogP contribution in [0.4, 0.5) is 0 Å². The van der Waals surface area contributed by atoms with Gasteiger partial charge in [-0.3, -0.25) is 0 Å². The van der Waals surface area contributed by atoms with Crippen LogP contribution in [0.5, 0.6) is 0 Å². The Bertz CT molecular complexity index is 622. The minimum absolute atomic E-state index is 0.0642. The van der Waals surface area contributed by atoms with Crippen molar-refractivity contribution in [2.75, 3.05) is 0 Å². The van der Waals surface area contributed by atoms with Gasteiger partial charge in [-0.2, -0.15) is 0 Å². The van der Waals surface area contributed by atoms with E-state index in [1.165, 1.54) is 57.8 Å². The van der Waals surface area contributed by atoms with E-state index in [4.69, 9.17) is 0 Å². The van der Waals surface area contributed by atoms with Crippen molar-refractivity contribution in [2.24, 2.45) is 46.3 Å². The minimum atomic E-state index is -0.134. The summed E-state index contributed by atoms with van der Waals surface area (Å²) in [6.07, 6.45) is 14.3. The number of hydrogen-bond donors (Lipinski definition) is 1. The highest BCUT2D eigenvalue weighted by Crippen LogP contribution is 2.71. The molecule has 30 heavy (non-hydrogen) atoms. The lowest BCUT2D eigenvalue weighted by molar-refractivity contribution is -0.111. The van der Waals surface area contributed by atoms with Gasteiger partial charge in [-0.25, -0.2) is 0 Å². The van der Waals surface area contributed by atoms with Gasteiger partial charge in [0.15, 0.2) is 0 Å². The average molecular weight is 546 g/mol. The second-order valence-electron chi connectivity index (χ2n) is 12.8. The molecule has 4 aliphatic carbocycles. The van der Waals surface area contributed by atoms with E-state index in [2.05, 4.69) is 66.5 Å². The molecule has 4 saturated carbocycles. The summed E-state index contributed by atoms with van der Waals surface area (Å²) in [5.41, 5.74) is 0.869. The Balaban J connectivity index is 1.53. The second kappa shape index (κ2) is 8.61.